The van der Waals surface area contributed by atoms with Gasteiger partial charge in [-0.1, -0.05) is 85.4 Å². The van der Waals surface area contributed by atoms with E-state index in [1.54, 1.807) is 0 Å². The summed E-state index contributed by atoms with van der Waals surface area (Å²) in [6.07, 6.45) is 2.22. The summed E-state index contributed by atoms with van der Waals surface area (Å²) < 4.78 is 9.67. The number of benzene rings is 3. The summed E-state index contributed by atoms with van der Waals surface area (Å²) in [7, 11) is 0. The Kier molecular flexibility index (Phi) is 8.62. The van der Waals surface area contributed by atoms with Crippen molar-refractivity contribution in [1.29, 1.82) is 0 Å². The second-order valence-corrected chi connectivity index (χ2v) is 6.96. The van der Waals surface area contributed by atoms with Gasteiger partial charge in [-0.2, -0.15) is 0 Å². The smallest absolute Gasteiger partial charge is 0.331 e. The average Bonchev–Trinajstić information content (AvgIpc) is 2.89. The van der Waals surface area contributed by atoms with E-state index in [0.717, 1.165) is 45.5 Å². The van der Waals surface area contributed by atoms with Crippen molar-refractivity contribution in [3.05, 3.63) is 109 Å². The summed E-state index contributed by atoms with van der Waals surface area (Å²) in [6.45, 7) is 6.75. The first kappa shape index (κ1) is 23.9. The first-order valence-electron chi connectivity index (χ1n) is 10.5. The molecule has 0 saturated carbocycles. The molecule has 0 heterocycles. The number of ether oxygens (including phenoxy) is 2. The molecule has 0 bridgehead atoms. The number of carbonyl (C=O) groups is 2. The molecule has 0 fully saturated rings. The molecule has 0 N–H and O–H groups in total. The normalized spacial score (nSPS) is 9.41. The van der Waals surface area contributed by atoms with E-state index in [0.29, 0.717) is 0 Å². The summed E-state index contributed by atoms with van der Waals surface area (Å²) in [5.41, 5.74) is 6.05. The van der Waals surface area contributed by atoms with Crippen molar-refractivity contribution in [3.8, 4) is 45.9 Å². The highest BCUT2D eigenvalue weighted by molar-refractivity contribution is 5.81. The topological polar surface area (TPSA) is 52.6 Å². The molecular formula is C30H22O4. The molecule has 4 heteroatoms. The highest BCUT2D eigenvalue weighted by atomic mass is 16.5. The molecule has 0 radical (unpaired) electrons. The fourth-order valence-corrected chi connectivity index (χ4v) is 2.96. The molecular weight excluding hydrogens is 424 g/mol. The van der Waals surface area contributed by atoms with Crippen LogP contribution in [0, 0.1) is 23.7 Å². The van der Waals surface area contributed by atoms with Crippen LogP contribution in [0.2, 0.25) is 0 Å². The quantitative estimate of drug-likeness (QED) is 0.297. The Balaban J connectivity index is 1.60. The fraction of sp³-hybridized carbons (Fsp3) is 0.0667. The van der Waals surface area contributed by atoms with Crippen molar-refractivity contribution in [2.24, 2.45) is 0 Å². The van der Waals surface area contributed by atoms with Crippen LogP contribution in [0.15, 0.2) is 98.1 Å². The second kappa shape index (κ2) is 12.3. The van der Waals surface area contributed by atoms with Gasteiger partial charge in [0.05, 0.1) is 0 Å². The molecule has 0 atom stereocenters. The Hall–Kier alpha value is -4.80. The third-order valence-corrected chi connectivity index (χ3v) is 4.69. The molecule has 0 amide bonds. The third kappa shape index (κ3) is 7.12. The standard InChI is InChI=1S/C30H22O4/c1-3-29(31)33-21-5-7-23-9-13-25(14-10-23)27-17-19-28(20-18-27)26-15-11-24(12-16-26)8-6-22-34-30(32)4-2/h3-4,9-20H,1-2,21-22H2. The molecule has 0 saturated heterocycles. The third-order valence-electron chi connectivity index (χ3n) is 4.69. The van der Waals surface area contributed by atoms with Crippen LogP contribution >= 0.6 is 0 Å². The van der Waals surface area contributed by atoms with Gasteiger partial charge in [-0.05, 0) is 46.5 Å². The van der Waals surface area contributed by atoms with Crippen LogP contribution in [0.5, 0.6) is 0 Å². The first-order chi connectivity index (χ1) is 16.6. The summed E-state index contributed by atoms with van der Waals surface area (Å²) >= 11 is 0. The minimum Gasteiger partial charge on any atom is -0.449 e. The zero-order chi connectivity index (χ0) is 24.2. The van der Waals surface area contributed by atoms with Crippen LogP contribution < -0.4 is 0 Å². The van der Waals surface area contributed by atoms with Crippen molar-refractivity contribution < 1.29 is 19.1 Å². The van der Waals surface area contributed by atoms with Gasteiger partial charge < -0.3 is 9.47 Å². The monoisotopic (exact) mass is 446 g/mol. The summed E-state index contributed by atoms with van der Waals surface area (Å²) in [4.78, 5) is 22.0. The Labute approximate surface area is 199 Å². The lowest BCUT2D eigenvalue weighted by atomic mass is 9.99. The molecule has 0 aliphatic rings. The number of hydrogen-bond donors (Lipinski definition) is 0. The van der Waals surface area contributed by atoms with Crippen molar-refractivity contribution in [3.63, 3.8) is 0 Å². The van der Waals surface area contributed by atoms with Crippen molar-refractivity contribution in [2.75, 3.05) is 13.2 Å². The van der Waals surface area contributed by atoms with E-state index in [2.05, 4.69) is 61.1 Å². The molecule has 0 aliphatic carbocycles. The van der Waals surface area contributed by atoms with Crippen molar-refractivity contribution >= 4 is 11.9 Å². The number of esters is 2. The van der Waals surface area contributed by atoms with Gasteiger partial charge in [0.2, 0.25) is 0 Å². The SMILES string of the molecule is C=CC(=O)OCC#Cc1ccc(-c2ccc(-c3ccc(C#CCOC(=O)C=C)cc3)cc2)cc1. The van der Waals surface area contributed by atoms with Gasteiger partial charge >= 0.3 is 11.9 Å². The maximum Gasteiger partial charge on any atom is 0.331 e. The molecule has 0 aliphatic heterocycles. The van der Waals surface area contributed by atoms with E-state index >= 15 is 0 Å². The molecule has 3 aromatic rings. The Morgan fingerprint density at radius 2 is 0.882 bits per heavy atom. The highest BCUT2D eigenvalue weighted by Crippen LogP contribution is 2.25. The predicted octanol–water partition coefficient (Wildman–Crippen LogP) is 5.18. The van der Waals surface area contributed by atoms with E-state index in [1.807, 2.05) is 48.5 Å². The van der Waals surface area contributed by atoms with Crippen LogP contribution in [0.25, 0.3) is 22.3 Å². The minimum absolute atomic E-state index is 0.0345. The average molecular weight is 447 g/mol. The van der Waals surface area contributed by atoms with Crippen LogP contribution in [-0.2, 0) is 19.1 Å². The van der Waals surface area contributed by atoms with E-state index < -0.39 is 11.9 Å². The molecule has 0 unspecified atom stereocenters. The van der Waals surface area contributed by atoms with Gasteiger partial charge in [-0.25, -0.2) is 9.59 Å². The van der Waals surface area contributed by atoms with E-state index in [-0.39, 0.29) is 13.2 Å². The predicted molar refractivity (Wildman–Crippen MR) is 133 cm³/mol. The molecule has 3 rings (SSSR count). The number of carbonyl (C=O) groups excluding carboxylic acids is 2. The van der Waals surface area contributed by atoms with E-state index in [1.165, 1.54) is 0 Å². The molecule has 0 spiro atoms. The zero-order valence-electron chi connectivity index (χ0n) is 18.5. The summed E-state index contributed by atoms with van der Waals surface area (Å²) in [5, 5.41) is 0. The van der Waals surface area contributed by atoms with Crippen LogP contribution in [0.4, 0.5) is 0 Å². The molecule has 166 valence electrons. The van der Waals surface area contributed by atoms with Crippen LogP contribution in [0.1, 0.15) is 11.1 Å². The lowest BCUT2D eigenvalue weighted by molar-refractivity contribution is -0.137. The Morgan fingerprint density at radius 1 is 0.588 bits per heavy atom. The molecule has 34 heavy (non-hydrogen) atoms. The minimum atomic E-state index is -0.485. The maximum absolute atomic E-state index is 11.0. The summed E-state index contributed by atoms with van der Waals surface area (Å²) in [6, 6.07) is 24.1. The van der Waals surface area contributed by atoms with Crippen molar-refractivity contribution in [1.82, 2.24) is 0 Å². The molecule has 3 aromatic carbocycles. The van der Waals surface area contributed by atoms with Gasteiger partial charge in [0, 0.05) is 23.3 Å². The van der Waals surface area contributed by atoms with E-state index in [9.17, 15) is 9.59 Å². The maximum atomic E-state index is 11.0. The van der Waals surface area contributed by atoms with Gasteiger partial charge in [-0.3, -0.25) is 0 Å². The van der Waals surface area contributed by atoms with Crippen LogP contribution in [0.3, 0.4) is 0 Å². The van der Waals surface area contributed by atoms with Crippen molar-refractivity contribution in [2.45, 2.75) is 0 Å². The largest absolute Gasteiger partial charge is 0.449 e. The lowest BCUT2D eigenvalue weighted by Crippen LogP contribution is -1.99. The molecule has 4 nitrogen and oxygen atoms in total. The number of rotatable bonds is 6. The first-order valence-corrected chi connectivity index (χ1v) is 10.5. The van der Waals surface area contributed by atoms with Gasteiger partial charge in [0.25, 0.3) is 0 Å². The highest BCUT2D eigenvalue weighted by Gasteiger charge is 2.01. The van der Waals surface area contributed by atoms with Gasteiger partial charge in [-0.15, -0.1) is 0 Å². The van der Waals surface area contributed by atoms with E-state index in [4.69, 9.17) is 9.47 Å². The zero-order valence-corrected chi connectivity index (χ0v) is 18.5. The number of hydrogen-bond acceptors (Lipinski definition) is 4. The lowest BCUT2D eigenvalue weighted by Gasteiger charge is -2.06. The Bertz CT molecular complexity index is 1190. The second-order valence-electron chi connectivity index (χ2n) is 6.96. The van der Waals surface area contributed by atoms with Crippen LogP contribution in [-0.4, -0.2) is 25.2 Å². The molecule has 0 aromatic heterocycles. The van der Waals surface area contributed by atoms with Gasteiger partial charge in [0.15, 0.2) is 13.2 Å². The van der Waals surface area contributed by atoms with Gasteiger partial charge in [0.1, 0.15) is 0 Å². The summed E-state index contributed by atoms with van der Waals surface area (Å²) in [5.74, 6) is 10.6. The fourth-order valence-electron chi connectivity index (χ4n) is 2.96. The Morgan fingerprint density at radius 3 is 1.18 bits per heavy atom.